The number of aliphatic hydroxyl groups excluding tert-OH is 1. The summed E-state index contributed by atoms with van der Waals surface area (Å²) in [5.41, 5.74) is -0.985. The molecule has 1 amide bonds. The molecular weight excluding hydrogens is 273 g/mol. The number of pyridine rings is 1. The average molecular weight is 290 g/mol. The van der Waals surface area contributed by atoms with Gasteiger partial charge in [-0.3, -0.25) is 9.78 Å². The lowest BCUT2D eigenvalue weighted by atomic mass is 10.0. The molecule has 0 aliphatic rings. The molecule has 4 nitrogen and oxygen atoms in total. The van der Waals surface area contributed by atoms with E-state index in [1.165, 1.54) is 0 Å². The normalized spacial score (nSPS) is 13.3. The van der Waals surface area contributed by atoms with E-state index in [1.54, 1.807) is 0 Å². The van der Waals surface area contributed by atoms with Crippen molar-refractivity contribution in [2.45, 2.75) is 32.5 Å². The molecule has 20 heavy (non-hydrogen) atoms. The van der Waals surface area contributed by atoms with Crippen molar-refractivity contribution in [1.82, 2.24) is 10.3 Å². The fourth-order valence-electron chi connectivity index (χ4n) is 1.46. The monoisotopic (exact) mass is 290 g/mol. The minimum absolute atomic E-state index is 0.0528. The minimum atomic E-state index is -4.52. The van der Waals surface area contributed by atoms with Gasteiger partial charge in [-0.15, -0.1) is 0 Å². The molecule has 0 aliphatic heterocycles. The first-order valence-corrected chi connectivity index (χ1v) is 6.21. The van der Waals surface area contributed by atoms with E-state index in [-0.39, 0.29) is 18.0 Å². The molecule has 7 heteroatoms. The Kier molecular flexibility index (Phi) is 5.50. The zero-order chi connectivity index (χ0) is 15.3. The summed E-state index contributed by atoms with van der Waals surface area (Å²) >= 11 is 0. The second kappa shape index (κ2) is 6.69. The van der Waals surface area contributed by atoms with Crippen molar-refractivity contribution in [3.8, 4) is 0 Å². The number of hydrogen-bond acceptors (Lipinski definition) is 3. The first kappa shape index (κ1) is 16.4. The van der Waals surface area contributed by atoms with Crippen LogP contribution in [0.15, 0.2) is 18.3 Å². The standard InChI is InChI=1S/C13H17F3N2O2/c1-8(2)10(19)5-6-17-12(20)9-3-4-11(18-7-9)13(14,15)16/h3-4,7-8,10,19H,5-6H2,1-2H3,(H,17,20). The molecule has 1 unspecified atom stereocenters. The van der Waals surface area contributed by atoms with Gasteiger partial charge < -0.3 is 10.4 Å². The summed E-state index contributed by atoms with van der Waals surface area (Å²) in [6.07, 6.45) is -3.77. The molecule has 1 aromatic heterocycles. The highest BCUT2D eigenvalue weighted by atomic mass is 19.4. The van der Waals surface area contributed by atoms with E-state index in [4.69, 9.17) is 0 Å². The first-order chi connectivity index (χ1) is 9.21. The van der Waals surface area contributed by atoms with Crippen molar-refractivity contribution in [3.63, 3.8) is 0 Å². The largest absolute Gasteiger partial charge is 0.433 e. The molecule has 0 aromatic carbocycles. The van der Waals surface area contributed by atoms with Crippen molar-refractivity contribution >= 4 is 5.91 Å². The summed E-state index contributed by atoms with van der Waals surface area (Å²) in [5.74, 6) is -0.429. The lowest BCUT2D eigenvalue weighted by molar-refractivity contribution is -0.141. The highest BCUT2D eigenvalue weighted by Crippen LogP contribution is 2.27. The van der Waals surface area contributed by atoms with E-state index < -0.39 is 23.9 Å². The fourth-order valence-corrected chi connectivity index (χ4v) is 1.46. The lowest BCUT2D eigenvalue weighted by Crippen LogP contribution is -2.28. The lowest BCUT2D eigenvalue weighted by Gasteiger charge is -2.14. The Morgan fingerprint density at radius 3 is 2.50 bits per heavy atom. The SMILES string of the molecule is CC(C)C(O)CCNC(=O)c1ccc(C(F)(F)F)nc1. The quantitative estimate of drug-likeness (QED) is 0.874. The third kappa shape index (κ3) is 4.80. The zero-order valence-electron chi connectivity index (χ0n) is 11.2. The highest BCUT2D eigenvalue weighted by Gasteiger charge is 2.32. The zero-order valence-corrected chi connectivity index (χ0v) is 11.2. The third-order valence-corrected chi connectivity index (χ3v) is 2.81. The molecule has 0 saturated heterocycles. The molecule has 1 aromatic rings. The second-order valence-corrected chi connectivity index (χ2v) is 4.79. The Labute approximate surface area is 115 Å². The number of carbonyl (C=O) groups excluding carboxylic acids is 1. The van der Waals surface area contributed by atoms with Crippen molar-refractivity contribution in [3.05, 3.63) is 29.6 Å². The van der Waals surface area contributed by atoms with Crippen LogP contribution in [0.5, 0.6) is 0 Å². The van der Waals surface area contributed by atoms with Crippen molar-refractivity contribution in [2.75, 3.05) is 6.54 Å². The number of alkyl halides is 3. The van der Waals surface area contributed by atoms with Gasteiger partial charge in [0.2, 0.25) is 0 Å². The van der Waals surface area contributed by atoms with Gasteiger partial charge in [0.05, 0.1) is 11.7 Å². The van der Waals surface area contributed by atoms with E-state index >= 15 is 0 Å². The molecule has 0 spiro atoms. The molecule has 1 heterocycles. The minimum Gasteiger partial charge on any atom is -0.393 e. The molecule has 0 bridgehead atoms. The van der Waals surface area contributed by atoms with Crippen LogP contribution in [0.2, 0.25) is 0 Å². The predicted molar refractivity (Wildman–Crippen MR) is 67.0 cm³/mol. The van der Waals surface area contributed by atoms with Crippen molar-refractivity contribution < 1.29 is 23.1 Å². The van der Waals surface area contributed by atoms with Gasteiger partial charge in [0.1, 0.15) is 5.69 Å². The molecule has 0 fully saturated rings. The predicted octanol–water partition coefficient (Wildman–Crippen LogP) is 2.24. The van der Waals surface area contributed by atoms with Gasteiger partial charge in [0, 0.05) is 12.7 Å². The Bertz CT molecular complexity index is 444. The van der Waals surface area contributed by atoms with Crippen LogP contribution < -0.4 is 5.32 Å². The maximum Gasteiger partial charge on any atom is 0.433 e. The van der Waals surface area contributed by atoms with E-state index in [2.05, 4.69) is 10.3 Å². The fraction of sp³-hybridized carbons (Fsp3) is 0.538. The van der Waals surface area contributed by atoms with Crippen LogP contribution in [-0.2, 0) is 6.18 Å². The number of carbonyl (C=O) groups is 1. The van der Waals surface area contributed by atoms with Gasteiger partial charge in [-0.1, -0.05) is 13.8 Å². The van der Waals surface area contributed by atoms with Gasteiger partial charge in [0.15, 0.2) is 0 Å². The molecule has 0 aliphatic carbocycles. The molecule has 0 radical (unpaired) electrons. The Hall–Kier alpha value is -1.63. The van der Waals surface area contributed by atoms with Crippen LogP contribution in [0.1, 0.15) is 36.3 Å². The summed E-state index contributed by atoms with van der Waals surface area (Å²) < 4.78 is 36.9. The number of nitrogens with zero attached hydrogens (tertiary/aromatic N) is 1. The molecule has 1 atom stereocenters. The van der Waals surface area contributed by atoms with Gasteiger partial charge in [-0.05, 0) is 24.5 Å². The first-order valence-electron chi connectivity index (χ1n) is 6.21. The maximum absolute atomic E-state index is 12.3. The number of aromatic nitrogens is 1. The summed E-state index contributed by atoms with van der Waals surface area (Å²) in [5, 5.41) is 12.1. The van der Waals surface area contributed by atoms with Crippen LogP contribution in [0.4, 0.5) is 13.2 Å². The molecule has 112 valence electrons. The van der Waals surface area contributed by atoms with Crippen LogP contribution >= 0.6 is 0 Å². The second-order valence-electron chi connectivity index (χ2n) is 4.79. The maximum atomic E-state index is 12.3. The van der Waals surface area contributed by atoms with Crippen LogP contribution in [0, 0.1) is 5.92 Å². The summed E-state index contributed by atoms with van der Waals surface area (Å²) in [6, 6.07) is 1.84. The average Bonchev–Trinajstić information content (AvgIpc) is 2.37. The van der Waals surface area contributed by atoms with Gasteiger partial charge in [-0.25, -0.2) is 0 Å². The van der Waals surface area contributed by atoms with E-state index in [1.807, 2.05) is 13.8 Å². The number of rotatable bonds is 5. The number of aliphatic hydroxyl groups is 1. The Morgan fingerprint density at radius 1 is 1.40 bits per heavy atom. The number of amides is 1. The molecule has 1 rings (SSSR count). The molecular formula is C13H17F3N2O2. The highest BCUT2D eigenvalue weighted by molar-refractivity contribution is 5.93. The van der Waals surface area contributed by atoms with Crippen LogP contribution in [-0.4, -0.2) is 28.6 Å². The molecule has 2 N–H and O–H groups in total. The Morgan fingerprint density at radius 2 is 2.05 bits per heavy atom. The Balaban J connectivity index is 2.52. The van der Waals surface area contributed by atoms with Gasteiger partial charge >= 0.3 is 6.18 Å². The molecule has 0 saturated carbocycles. The van der Waals surface area contributed by atoms with Crippen molar-refractivity contribution in [1.29, 1.82) is 0 Å². The topological polar surface area (TPSA) is 62.2 Å². The number of hydrogen-bond donors (Lipinski definition) is 2. The van der Waals surface area contributed by atoms with E-state index in [0.717, 1.165) is 18.3 Å². The van der Waals surface area contributed by atoms with Crippen molar-refractivity contribution in [2.24, 2.45) is 5.92 Å². The smallest absolute Gasteiger partial charge is 0.393 e. The number of halogens is 3. The van der Waals surface area contributed by atoms with Crippen LogP contribution in [0.3, 0.4) is 0 Å². The summed E-state index contributed by atoms with van der Waals surface area (Å²) in [6.45, 7) is 3.96. The number of nitrogens with one attached hydrogen (secondary N) is 1. The van der Waals surface area contributed by atoms with E-state index in [9.17, 15) is 23.1 Å². The summed E-state index contributed by atoms with van der Waals surface area (Å²) in [7, 11) is 0. The van der Waals surface area contributed by atoms with Gasteiger partial charge in [-0.2, -0.15) is 13.2 Å². The van der Waals surface area contributed by atoms with E-state index in [0.29, 0.717) is 6.42 Å². The van der Waals surface area contributed by atoms with Crippen LogP contribution in [0.25, 0.3) is 0 Å². The third-order valence-electron chi connectivity index (χ3n) is 2.81. The summed E-state index contributed by atoms with van der Waals surface area (Å²) in [4.78, 5) is 14.9. The van der Waals surface area contributed by atoms with Gasteiger partial charge in [0.25, 0.3) is 5.91 Å².